The summed E-state index contributed by atoms with van der Waals surface area (Å²) in [5, 5.41) is 13.4. The summed E-state index contributed by atoms with van der Waals surface area (Å²) in [6, 6.07) is 6.87. The van der Waals surface area contributed by atoms with E-state index >= 15 is 0 Å². The molecule has 3 rings (SSSR count). The number of imidazole rings is 1. The smallest absolute Gasteiger partial charge is 0.271 e. The van der Waals surface area contributed by atoms with E-state index in [0.717, 1.165) is 0 Å². The number of benzene rings is 1. The van der Waals surface area contributed by atoms with Gasteiger partial charge >= 0.3 is 0 Å². The predicted octanol–water partition coefficient (Wildman–Crippen LogP) is 3.33. The normalized spacial score (nSPS) is 10.8. The summed E-state index contributed by atoms with van der Waals surface area (Å²) in [6.07, 6.45) is 2.78. The molecule has 2 aromatic heterocycles. The van der Waals surface area contributed by atoms with Gasteiger partial charge in [0.15, 0.2) is 0 Å². The molecule has 0 aliphatic heterocycles. The number of anilines is 1. The molecule has 7 nitrogen and oxygen atoms in total. The minimum atomic E-state index is -0.543. The SMILES string of the molecule is O=C(Cc1cn2cc(F)ccc2n1)Nc1cc([N+](=O)[O-])ccc1Br. The Morgan fingerprint density at radius 3 is 2.88 bits per heavy atom. The Labute approximate surface area is 143 Å². The summed E-state index contributed by atoms with van der Waals surface area (Å²) in [4.78, 5) is 26.6. The maximum Gasteiger partial charge on any atom is 0.271 e. The van der Waals surface area contributed by atoms with Crippen molar-refractivity contribution < 1.29 is 14.1 Å². The maximum absolute atomic E-state index is 13.2. The first-order chi connectivity index (χ1) is 11.4. The Morgan fingerprint density at radius 1 is 1.33 bits per heavy atom. The number of fused-ring (bicyclic) bond motifs is 1. The molecular formula is C15H10BrFN4O3. The standard InChI is InChI=1S/C15H10BrFN4O3/c16-12-3-2-11(21(23)24)6-13(12)19-15(22)5-10-8-20-7-9(17)1-4-14(20)18-10/h1-4,6-8H,5H2,(H,19,22). The van der Waals surface area contributed by atoms with Gasteiger partial charge in [-0.05, 0) is 34.1 Å². The third-order valence-electron chi connectivity index (χ3n) is 3.24. The fraction of sp³-hybridized carbons (Fsp3) is 0.0667. The van der Waals surface area contributed by atoms with Crippen LogP contribution in [0.3, 0.4) is 0 Å². The summed E-state index contributed by atoms with van der Waals surface area (Å²) in [6.45, 7) is 0. The van der Waals surface area contributed by atoms with Crippen LogP contribution in [0, 0.1) is 15.9 Å². The lowest BCUT2D eigenvalue weighted by Crippen LogP contribution is -2.15. The molecule has 0 radical (unpaired) electrons. The molecule has 0 saturated carbocycles. The second kappa shape index (κ2) is 6.36. The number of rotatable bonds is 4. The second-order valence-corrected chi connectivity index (χ2v) is 5.85. The van der Waals surface area contributed by atoms with E-state index in [4.69, 9.17) is 0 Å². The first-order valence-corrected chi connectivity index (χ1v) is 7.58. The van der Waals surface area contributed by atoms with Crippen LogP contribution in [0.15, 0.2) is 47.2 Å². The number of hydrogen-bond acceptors (Lipinski definition) is 4. The average molecular weight is 393 g/mol. The number of aromatic nitrogens is 2. The van der Waals surface area contributed by atoms with E-state index in [1.165, 1.54) is 40.9 Å². The molecule has 0 saturated heterocycles. The van der Waals surface area contributed by atoms with Crippen molar-refractivity contribution >= 4 is 38.9 Å². The summed E-state index contributed by atoms with van der Waals surface area (Å²) >= 11 is 3.23. The van der Waals surface area contributed by atoms with Gasteiger partial charge in [-0.2, -0.15) is 0 Å². The molecule has 3 aromatic rings. The molecule has 1 aromatic carbocycles. The van der Waals surface area contributed by atoms with Gasteiger partial charge in [0.25, 0.3) is 5.69 Å². The number of pyridine rings is 1. The summed E-state index contributed by atoms with van der Waals surface area (Å²) in [7, 11) is 0. The molecule has 1 amide bonds. The summed E-state index contributed by atoms with van der Waals surface area (Å²) in [5.41, 5.74) is 1.15. The highest BCUT2D eigenvalue weighted by atomic mass is 79.9. The van der Waals surface area contributed by atoms with E-state index in [1.807, 2.05) is 0 Å². The number of amides is 1. The van der Waals surface area contributed by atoms with Crippen LogP contribution in [0.4, 0.5) is 15.8 Å². The highest BCUT2D eigenvalue weighted by Crippen LogP contribution is 2.27. The molecule has 9 heteroatoms. The molecule has 24 heavy (non-hydrogen) atoms. The number of carbonyl (C=O) groups excluding carboxylic acids is 1. The van der Waals surface area contributed by atoms with Crippen molar-refractivity contribution in [1.82, 2.24) is 9.38 Å². The summed E-state index contributed by atoms with van der Waals surface area (Å²) in [5.74, 6) is -0.795. The topological polar surface area (TPSA) is 89.5 Å². The minimum absolute atomic E-state index is 0.0432. The van der Waals surface area contributed by atoms with Crippen LogP contribution < -0.4 is 5.32 Å². The van der Waals surface area contributed by atoms with E-state index in [0.29, 0.717) is 21.5 Å². The Hall–Kier alpha value is -2.81. The third-order valence-corrected chi connectivity index (χ3v) is 3.93. The molecule has 0 bridgehead atoms. The quantitative estimate of drug-likeness (QED) is 0.544. The zero-order valence-electron chi connectivity index (χ0n) is 12.1. The third kappa shape index (κ3) is 3.40. The number of non-ortho nitro benzene ring substituents is 1. The number of halogens is 2. The molecule has 0 aliphatic rings. The van der Waals surface area contributed by atoms with Gasteiger partial charge in [0.2, 0.25) is 5.91 Å². The molecule has 2 heterocycles. The zero-order chi connectivity index (χ0) is 17.3. The van der Waals surface area contributed by atoms with Crippen LogP contribution in [-0.2, 0) is 11.2 Å². The van der Waals surface area contributed by atoms with Crippen LogP contribution in [0.1, 0.15) is 5.69 Å². The van der Waals surface area contributed by atoms with Gasteiger partial charge in [-0.1, -0.05) is 0 Å². The lowest BCUT2D eigenvalue weighted by molar-refractivity contribution is -0.384. The van der Waals surface area contributed by atoms with Crippen molar-refractivity contribution in [2.75, 3.05) is 5.32 Å². The van der Waals surface area contributed by atoms with Gasteiger partial charge in [0.05, 0.1) is 22.7 Å². The highest BCUT2D eigenvalue weighted by Gasteiger charge is 2.13. The van der Waals surface area contributed by atoms with Crippen LogP contribution in [0.5, 0.6) is 0 Å². The fourth-order valence-electron chi connectivity index (χ4n) is 2.18. The largest absolute Gasteiger partial charge is 0.325 e. The van der Waals surface area contributed by atoms with E-state index in [-0.39, 0.29) is 18.0 Å². The number of nitrogens with zero attached hydrogens (tertiary/aromatic N) is 3. The first-order valence-electron chi connectivity index (χ1n) is 6.79. The molecule has 0 spiro atoms. The summed E-state index contributed by atoms with van der Waals surface area (Å²) < 4.78 is 15.2. The van der Waals surface area contributed by atoms with Gasteiger partial charge in [0, 0.05) is 29.0 Å². The van der Waals surface area contributed by atoms with E-state index in [9.17, 15) is 19.3 Å². The van der Waals surface area contributed by atoms with Crippen LogP contribution >= 0.6 is 15.9 Å². The second-order valence-electron chi connectivity index (χ2n) is 4.99. The van der Waals surface area contributed by atoms with Crippen molar-refractivity contribution in [2.24, 2.45) is 0 Å². The Morgan fingerprint density at radius 2 is 2.12 bits per heavy atom. The lowest BCUT2D eigenvalue weighted by Gasteiger charge is -2.06. The number of carbonyl (C=O) groups is 1. The number of nitro groups is 1. The Balaban J connectivity index is 1.77. The zero-order valence-corrected chi connectivity index (χ0v) is 13.7. The highest BCUT2D eigenvalue weighted by molar-refractivity contribution is 9.10. The predicted molar refractivity (Wildman–Crippen MR) is 88.3 cm³/mol. The van der Waals surface area contributed by atoms with Crippen molar-refractivity contribution in [3.63, 3.8) is 0 Å². The van der Waals surface area contributed by atoms with E-state index < -0.39 is 10.7 Å². The number of hydrogen-bond donors (Lipinski definition) is 1. The molecule has 122 valence electrons. The monoisotopic (exact) mass is 392 g/mol. The van der Waals surface area contributed by atoms with Crippen molar-refractivity contribution in [1.29, 1.82) is 0 Å². The number of nitro benzene ring substituents is 1. The minimum Gasteiger partial charge on any atom is -0.325 e. The van der Waals surface area contributed by atoms with E-state index in [1.54, 1.807) is 6.20 Å². The van der Waals surface area contributed by atoms with E-state index in [2.05, 4.69) is 26.2 Å². The van der Waals surface area contributed by atoms with Gasteiger partial charge in [-0.25, -0.2) is 9.37 Å². The Kier molecular flexibility index (Phi) is 4.26. The fourth-order valence-corrected chi connectivity index (χ4v) is 2.53. The van der Waals surface area contributed by atoms with Gasteiger partial charge in [0.1, 0.15) is 11.5 Å². The molecule has 1 N–H and O–H groups in total. The van der Waals surface area contributed by atoms with Crippen LogP contribution in [0.25, 0.3) is 5.65 Å². The molecule has 0 fully saturated rings. The van der Waals surface area contributed by atoms with Crippen LogP contribution in [-0.4, -0.2) is 20.2 Å². The molecular weight excluding hydrogens is 383 g/mol. The number of nitrogens with one attached hydrogen (secondary N) is 1. The van der Waals surface area contributed by atoms with Crippen molar-refractivity contribution in [3.05, 3.63) is 68.8 Å². The lowest BCUT2D eigenvalue weighted by atomic mass is 10.2. The average Bonchev–Trinajstić information content (AvgIpc) is 2.90. The maximum atomic E-state index is 13.2. The van der Waals surface area contributed by atoms with Crippen LogP contribution in [0.2, 0.25) is 0 Å². The van der Waals surface area contributed by atoms with Gasteiger partial charge in [-0.3, -0.25) is 14.9 Å². The van der Waals surface area contributed by atoms with Crippen molar-refractivity contribution in [2.45, 2.75) is 6.42 Å². The molecule has 0 unspecified atom stereocenters. The first kappa shape index (κ1) is 16.1. The molecule has 0 atom stereocenters. The van der Waals surface area contributed by atoms with Gasteiger partial charge in [-0.15, -0.1) is 0 Å². The molecule has 0 aliphatic carbocycles. The van der Waals surface area contributed by atoms with Crippen molar-refractivity contribution in [3.8, 4) is 0 Å². The van der Waals surface area contributed by atoms with Gasteiger partial charge < -0.3 is 9.72 Å². The Bertz CT molecular complexity index is 957.